The molecule has 0 unspecified atom stereocenters. The van der Waals surface area contributed by atoms with Crippen LogP contribution in [0.3, 0.4) is 0 Å². The Morgan fingerprint density at radius 3 is 2.55 bits per heavy atom. The lowest BCUT2D eigenvalue weighted by atomic mass is 10.0. The second-order valence-corrected chi connectivity index (χ2v) is 8.84. The van der Waals surface area contributed by atoms with Gasteiger partial charge in [-0.3, -0.25) is 9.69 Å². The van der Waals surface area contributed by atoms with Crippen LogP contribution in [0.15, 0.2) is 18.2 Å². The molecule has 2 heterocycles. The maximum Gasteiger partial charge on any atom is 0.407 e. The molecule has 0 bridgehead atoms. The van der Waals surface area contributed by atoms with E-state index in [-0.39, 0.29) is 18.0 Å². The highest BCUT2D eigenvalue weighted by Crippen LogP contribution is 2.30. The lowest BCUT2D eigenvalue weighted by Gasteiger charge is -2.35. The summed E-state index contributed by atoms with van der Waals surface area (Å²) >= 11 is 0. The number of ether oxygens (including phenoxy) is 2. The molecule has 0 atom stereocenters. The van der Waals surface area contributed by atoms with E-state index in [0.29, 0.717) is 6.54 Å². The van der Waals surface area contributed by atoms with Crippen molar-refractivity contribution < 1.29 is 19.1 Å². The predicted octanol–water partition coefficient (Wildman–Crippen LogP) is 2.96. The zero-order valence-electron chi connectivity index (χ0n) is 18.0. The fourth-order valence-electron chi connectivity index (χ4n) is 3.95. The van der Waals surface area contributed by atoms with Crippen molar-refractivity contribution in [3.8, 4) is 5.75 Å². The Morgan fingerprint density at radius 2 is 1.90 bits per heavy atom. The molecule has 2 aliphatic rings. The van der Waals surface area contributed by atoms with Crippen molar-refractivity contribution in [2.45, 2.75) is 58.1 Å². The van der Waals surface area contributed by atoms with Crippen LogP contribution in [-0.4, -0.2) is 61.8 Å². The highest BCUT2D eigenvalue weighted by molar-refractivity contribution is 5.96. The first-order valence-corrected chi connectivity index (χ1v) is 10.4. The number of alkyl carbamates (subject to hydrolysis) is 1. The van der Waals surface area contributed by atoms with Gasteiger partial charge in [-0.25, -0.2) is 4.79 Å². The largest absolute Gasteiger partial charge is 0.497 e. The number of carbonyl (C=O) groups excluding carboxylic acids is 2. The Morgan fingerprint density at radius 1 is 1.17 bits per heavy atom. The first-order valence-electron chi connectivity index (χ1n) is 10.4. The van der Waals surface area contributed by atoms with Crippen LogP contribution in [0, 0.1) is 0 Å². The molecule has 0 radical (unpaired) electrons. The lowest BCUT2D eigenvalue weighted by molar-refractivity contribution is -0.120. The topological polar surface area (TPSA) is 71.1 Å². The third kappa shape index (κ3) is 5.85. The number of nitrogens with zero attached hydrogens (tertiary/aromatic N) is 2. The van der Waals surface area contributed by atoms with Crippen LogP contribution in [0.2, 0.25) is 0 Å². The number of methoxy groups -OCH3 is 1. The van der Waals surface area contributed by atoms with Crippen LogP contribution < -0.4 is 15.0 Å². The number of amides is 2. The summed E-state index contributed by atoms with van der Waals surface area (Å²) in [4.78, 5) is 29.0. The van der Waals surface area contributed by atoms with Gasteiger partial charge in [0.2, 0.25) is 5.91 Å². The molecule has 3 rings (SSSR count). The summed E-state index contributed by atoms with van der Waals surface area (Å²) in [6.45, 7) is 8.31. The maximum absolute atomic E-state index is 13.0. The van der Waals surface area contributed by atoms with E-state index in [1.807, 2.05) is 43.9 Å². The van der Waals surface area contributed by atoms with Crippen molar-refractivity contribution in [3.63, 3.8) is 0 Å². The summed E-state index contributed by atoms with van der Waals surface area (Å²) in [5.41, 5.74) is 1.68. The molecular weight excluding hydrogens is 370 g/mol. The molecule has 160 valence electrons. The molecule has 0 spiro atoms. The SMILES string of the molecule is COc1ccc2c(c1)CCCN2C(=O)CN1CCC(NC(=O)OC(C)(C)C)CC1. The minimum atomic E-state index is -0.494. The van der Waals surface area contributed by atoms with Gasteiger partial charge >= 0.3 is 6.09 Å². The number of piperidine rings is 1. The number of hydrogen-bond donors (Lipinski definition) is 1. The Hall–Kier alpha value is -2.28. The van der Waals surface area contributed by atoms with Crippen molar-refractivity contribution in [3.05, 3.63) is 23.8 Å². The summed E-state index contributed by atoms with van der Waals surface area (Å²) in [5, 5.41) is 2.94. The molecule has 0 saturated carbocycles. The third-order valence-electron chi connectivity index (χ3n) is 5.37. The molecule has 7 heteroatoms. The van der Waals surface area contributed by atoms with E-state index in [1.54, 1.807) is 7.11 Å². The molecule has 29 heavy (non-hydrogen) atoms. The molecule has 7 nitrogen and oxygen atoms in total. The summed E-state index contributed by atoms with van der Waals surface area (Å²) in [6.07, 6.45) is 3.21. The van der Waals surface area contributed by atoms with Gasteiger partial charge in [-0.05, 0) is 70.2 Å². The van der Waals surface area contributed by atoms with Gasteiger partial charge in [0.1, 0.15) is 11.4 Å². The number of likely N-dealkylation sites (tertiary alicyclic amines) is 1. The highest BCUT2D eigenvalue weighted by Gasteiger charge is 2.28. The first kappa shape index (κ1) is 21.4. The van der Waals surface area contributed by atoms with Crippen LogP contribution in [0.25, 0.3) is 0 Å². The average Bonchev–Trinajstić information content (AvgIpc) is 2.67. The maximum atomic E-state index is 13.0. The molecule has 1 saturated heterocycles. The second-order valence-electron chi connectivity index (χ2n) is 8.84. The van der Waals surface area contributed by atoms with Crippen molar-refractivity contribution in [2.24, 2.45) is 0 Å². The quantitative estimate of drug-likeness (QED) is 0.837. The fraction of sp³-hybridized carbons (Fsp3) is 0.636. The van der Waals surface area contributed by atoms with Crippen molar-refractivity contribution in [2.75, 3.05) is 38.2 Å². The van der Waals surface area contributed by atoms with E-state index in [1.165, 1.54) is 5.56 Å². The number of benzene rings is 1. The smallest absolute Gasteiger partial charge is 0.407 e. The van der Waals surface area contributed by atoms with Gasteiger partial charge in [-0.2, -0.15) is 0 Å². The molecule has 0 aromatic heterocycles. The van der Waals surface area contributed by atoms with E-state index in [2.05, 4.69) is 10.2 Å². The number of fused-ring (bicyclic) bond motifs is 1. The molecule has 2 amide bonds. The normalized spacial score (nSPS) is 18.1. The average molecular weight is 404 g/mol. The molecule has 2 aliphatic heterocycles. The second kappa shape index (κ2) is 9.03. The van der Waals surface area contributed by atoms with Crippen LogP contribution in [0.1, 0.15) is 45.6 Å². The number of aryl methyl sites for hydroxylation is 1. The molecule has 1 fully saturated rings. The minimum absolute atomic E-state index is 0.0966. The fourth-order valence-corrected chi connectivity index (χ4v) is 3.95. The van der Waals surface area contributed by atoms with Crippen LogP contribution >= 0.6 is 0 Å². The van der Waals surface area contributed by atoms with Crippen molar-refractivity contribution in [1.29, 1.82) is 0 Å². The minimum Gasteiger partial charge on any atom is -0.497 e. The van der Waals surface area contributed by atoms with Gasteiger partial charge < -0.3 is 19.7 Å². The molecule has 0 aliphatic carbocycles. The molecule has 1 aromatic rings. The lowest BCUT2D eigenvalue weighted by Crippen LogP contribution is -2.49. The Bertz CT molecular complexity index is 736. The van der Waals surface area contributed by atoms with E-state index in [4.69, 9.17) is 9.47 Å². The van der Waals surface area contributed by atoms with Crippen LogP contribution in [0.4, 0.5) is 10.5 Å². The standard InChI is InChI=1S/C22H33N3O4/c1-22(2,3)29-21(27)23-17-9-12-24(13-10-17)15-20(26)25-11-5-6-16-14-18(28-4)7-8-19(16)25/h7-8,14,17H,5-6,9-13,15H2,1-4H3,(H,23,27). The number of rotatable bonds is 4. The zero-order chi connectivity index (χ0) is 21.0. The Kier molecular flexibility index (Phi) is 6.67. The highest BCUT2D eigenvalue weighted by atomic mass is 16.6. The van der Waals surface area contributed by atoms with Gasteiger partial charge in [-0.15, -0.1) is 0 Å². The van der Waals surface area contributed by atoms with Crippen molar-refractivity contribution in [1.82, 2.24) is 10.2 Å². The van der Waals surface area contributed by atoms with E-state index in [9.17, 15) is 9.59 Å². The Balaban J connectivity index is 1.50. The molecule has 1 N–H and O–H groups in total. The van der Waals surface area contributed by atoms with Crippen LogP contribution in [-0.2, 0) is 16.0 Å². The predicted molar refractivity (Wildman–Crippen MR) is 112 cm³/mol. The van der Waals surface area contributed by atoms with Gasteiger partial charge in [0, 0.05) is 31.4 Å². The number of anilines is 1. The number of carbonyl (C=O) groups is 2. The van der Waals surface area contributed by atoms with Gasteiger partial charge in [-0.1, -0.05) is 0 Å². The van der Waals surface area contributed by atoms with E-state index in [0.717, 1.165) is 56.8 Å². The summed E-state index contributed by atoms with van der Waals surface area (Å²) in [5.74, 6) is 0.965. The van der Waals surface area contributed by atoms with E-state index < -0.39 is 5.60 Å². The van der Waals surface area contributed by atoms with Gasteiger partial charge in [0.25, 0.3) is 0 Å². The van der Waals surface area contributed by atoms with Crippen molar-refractivity contribution >= 4 is 17.7 Å². The Labute approximate surface area is 173 Å². The van der Waals surface area contributed by atoms with Crippen LogP contribution in [0.5, 0.6) is 5.75 Å². The number of hydrogen-bond acceptors (Lipinski definition) is 5. The zero-order valence-corrected chi connectivity index (χ0v) is 18.0. The third-order valence-corrected chi connectivity index (χ3v) is 5.37. The monoisotopic (exact) mass is 403 g/mol. The molecule has 1 aromatic carbocycles. The molecular formula is C22H33N3O4. The number of nitrogens with one attached hydrogen (secondary N) is 1. The van der Waals surface area contributed by atoms with Gasteiger partial charge in [0.05, 0.1) is 13.7 Å². The summed E-state index contributed by atoms with van der Waals surface area (Å²) < 4.78 is 10.6. The first-order chi connectivity index (χ1) is 13.7. The summed E-state index contributed by atoms with van der Waals surface area (Å²) in [7, 11) is 1.66. The van der Waals surface area contributed by atoms with E-state index >= 15 is 0 Å². The summed E-state index contributed by atoms with van der Waals surface area (Å²) in [6, 6.07) is 6.03. The van der Waals surface area contributed by atoms with Gasteiger partial charge in [0.15, 0.2) is 0 Å².